The van der Waals surface area contributed by atoms with E-state index in [4.69, 9.17) is 4.74 Å². The number of carbonyl (C=O) groups excluding carboxylic acids is 1. The van der Waals surface area contributed by atoms with Crippen LogP contribution < -0.4 is 4.74 Å². The zero-order valence-electron chi connectivity index (χ0n) is 11.9. The summed E-state index contributed by atoms with van der Waals surface area (Å²) in [5.41, 5.74) is 1.79. The molecule has 1 aromatic rings. The summed E-state index contributed by atoms with van der Waals surface area (Å²) >= 11 is 0. The molecule has 0 aromatic heterocycles. The fourth-order valence-corrected chi connectivity index (χ4v) is 2.52. The van der Waals surface area contributed by atoms with Crippen LogP contribution in [0.25, 0.3) is 0 Å². The number of ketones is 1. The Morgan fingerprint density at radius 2 is 2.05 bits per heavy atom. The van der Waals surface area contributed by atoms with Crippen LogP contribution in [0.4, 0.5) is 0 Å². The van der Waals surface area contributed by atoms with Gasteiger partial charge in [0.25, 0.3) is 0 Å². The maximum Gasteiger partial charge on any atom is 0.163 e. The Balaban J connectivity index is 1.83. The van der Waals surface area contributed by atoms with Gasteiger partial charge in [-0.2, -0.15) is 0 Å². The standard InChI is InChI=1S/C16H23NO2/c1-13-6-7-16(15(12-13)14(2)18)19-11-5-10-17-8-3-4-9-17/h6-7,12H,3-5,8-11H2,1-2H3. The van der Waals surface area contributed by atoms with Crippen LogP contribution in [0.1, 0.15) is 42.1 Å². The molecule has 0 radical (unpaired) electrons. The van der Waals surface area contributed by atoms with Crippen molar-refractivity contribution >= 4 is 5.78 Å². The molecule has 0 unspecified atom stereocenters. The monoisotopic (exact) mass is 261 g/mol. The molecule has 0 aliphatic carbocycles. The molecule has 1 aromatic carbocycles. The van der Waals surface area contributed by atoms with E-state index in [1.807, 2.05) is 25.1 Å². The van der Waals surface area contributed by atoms with Gasteiger partial charge in [-0.3, -0.25) is 4.79 Å². The zero-order chi connectivity index (χ0) is 13.7. The lowest BCUT2D eigenvalue weighted by atomic mass is 10.1. The predicted octanol–water partition coefficient (Wildman–Crippen LogP) is 3.06. The lowest BCUT2D eigenvalue weighted by molar-refractivity contribution is 0.101. The van der Waals surface area contributed by atoms with Crippen molar-refractivity contribution in [3.05, 3.63) is 29.3 Å². The molecule has 0 amide bonds. The highest BCUT2D eigenvalue weighted by molar-refractivity contribution is 5.97. The summed E-state index contributed by atoms with van der Waals surface area (Å²) in [5, 5.41) is 0. The molecule has 1 fully saturated rings. The average Bonchev–Trinajstić information content (AvgIpc) is 2.89. The number of hydrogen-bond acceptors (Lipinski definition) is 3. The molecule has 1 saturated heterocycles. The predicted molar refractivity (Wildman–Crippen MR) is 77.0 cm³/mol. The minimum Gasteiger partial charge on any atom is -0.493 e. The number of benzene rings is 1. The quantitative estimate of drug-likeness (QED) is 0.582. The summed E-state index contributed by atoms with van der Waals surface area (Å²) in [7, 11) is 0. The van der Waals surface area contributed by atoms with Crippen molar-refractivity contribution in [3.63, 3.8) is 0 Å². The highest BCUT2D eigenvalue weighted by atomic mass is 16.5. The number of ether oxygens (including phenoxy) is 1. The summed E-state index contributed by atoms with van der Waals surface area (Å²) in [6.45, 7) is 7.81. The van der Waals surface area contributed by atoms with Gasteiger partial charge in [-0.25, -0.2) is 0 Å². The number of rotatable bonds is 6. The van der Waals surface area contributed by atoms with Gasteiger partial charge in [0, 0.05) is 6.54 Å². The number of likely N-dealkylation sites (tertiary alicyclic amines) is 1. The van der Waals surface area contributed by atoms with Gasteiger partial charge in [-0.15, -0.1) is 0 Å². The fraction of sp³-hybridized carbons (Fsp3) is 0.562. The molecule has 0 spiro atoms. The Morgan fingerprint density at radius 1 is 1.32 bits per heavy atom. The molecule has 0 saturated carbocycles. The van der Waals surface area contributed by atoms with E-state index in [1.54, 1.807) is 6.92 Å². The third-order valence-corrected chi connectivity index (χ3v) is 3.59. The maximum absolute atomic E-state index is 11.6. The molecule has 1 aliphatic rings. The number of nitrogens with zero attached hydrogens (tertiary/aromatic N) is 1. The summed E-state index contributed by atoms with van der Waals surface area (Å²) in [4.78, 5) is 14.0. The largest absolute Gasteiger partial charge is 0.493 e. The first-order valence-corrected chi connectivity index (χ1v) is 7.13. The highest BCUT2D eigenvalue weighted by Crippen LogP contribution is 2.20. The van der Waals surface area contributed by atoms with Gasteiger partial charge >= 0.3 is 0 Å². The summed E-state index contributed by atoms with van der Waals surface area (Å²) in [6, 6.07) is 5.79. The number of aryl methyl sites for hydroxylation is 1. The summed E-state index contributed by atoms with van der Waals surface area (Å²) < 4.78 is 5.77. The third kappa shape index (κ3) is 4.06. The van der Waals surface area contributed by atoms with Gasteiger partial charge in [0.2, 0.25) is 0 Å². The van der Waals surface area contributed by atoms with E-state index in [-0.39, 0.29) is 5.78 Å². The van der Waals surface area contributed by atoms with E-state index in [1.165, 1.54) is 25.9 Å². The van der Waals surface area contributed by atoms with Gasteiger partial charge in [0.05, 0.1) is 12.2 Å². The molecule has 0 N–H and O–H groups in total. The molecule has 1 aliphatic heterocycles. The number of Topliss-reactive ketones (excluding diaryl/α,β-unsaturated/α-hetero) is 1. The molecule has 19 heavy (non-hydrogen) atoms. The van der Waals surface area contributed by atoms with Crippen molar-refractivity contribution in [3.8, 4) is 5.75 Å². The van der Waals surface area contributed by atoms with E-state index >= 15 is 0 Å². The number of hydrogen-bond donors (Lipinski definition) is 0. The minimum atomic E-state index is 0.0678. The SMILES string of the molecule is CC(=O)c1cc(C)ccc1OCCCN1CCCC1. The van der Waals surface area contributed by atoms with Gasteiger partial charge in [0.1, 0.15) is 5.75 Å². The van der Waals surface area contributed by atoms with Crippen LogP contribution in [-0.2, 0) is 0 Å². The van der Waals surface area contributed by atoms with Gasteiger partial charge in [-0.1, -0.05) is 11.6 Å². The lowest BCUT2D eigenvalue weighted by Gasteiger charge is -2.15. The smallest absolute Gasteiger partial charge is 0.163 e. The maximum atomic E-state index is 11.6. The van der Waals surface area contributed by atoms with Crippen LogP contribution >= 0.6 is 0 Å². The van der Waals surface area contributed by atoms with Gasteiger partial charge < -0.3 is 9.64 Å². The highest BCUT2D eigenvalue weighted by Gasteiger charge is 2.11. The zero-order valence-corrected chi connectivity index (χ0v) is 11.9. The average molecular weight is 261 g/mol. The topological polar surface area (TPSA) is 29.5 Å². The Kier molecular flexibility index (Phi) is 4.97. The normalized spacial score (nSPS) is 15.7. The molecule has 3 nitrogen and oxygen atoms in total. The van der Waals surface area contributed by atoms with Crippen molar-refractivity contribution in [2.45, 2.75) is 33.1 Å². The Hall–Kier alpha value is -1.35. The van der Waals surface area contributed by atoms with Crippen LogP contribution in [0.3, 0.4) is 0 Å². The van der Waals surface area contributed by atoms with Crippen molar-refractivity contribution in [1.82, 2.24) is 4.90 Å². The molecular weight excluding hydrogens is 238 g/mol. The third-order valence-electron chi connectivity index (χ3n) is 3.59. The molecular formula is C16H23NO2. The second-order valence-corrected chi connectivity index (χ2v) is 5.31. The Morgan fingerprint density at radius 3 is 2.74 bits per heavy atom. The van der Waals surface area contributed by atoms with Crippen molar-refractivity contribution in [2.75, 3.05) is 26.2 Å². The van der Waals surface area contributed by atoms with Crippen molar-refractivity contribution in [2.24, 2.45) is 0 Å². The first-order valence-electron chi connectivity index (χ1n) is 7.13. The van der Waals surface area contributed by atoms with Gasteiger partial charge in [0.15, 0.2) is 5.78 Å². The van der Waals surface area contributed by atoms with Gasteiger partial charge in [-0.05, 0) is 58.3 Å². The second-order valence-electron chi connectivity index (χ2n) is 5.31. The first-order chi connectivity index (χ1) is 9.16. The minimum absolute atomic E-state index is 0.0678. The van der Waals surface area contributed by atoms with Crippen LogP contribution in [-0.4, -0.2) is 36.9 Å². The molecule has 3 heteroatoms. The van der Waals surface area contributed by atoms with Crippen LogP contribution in [0.15, 0.2) is 18.2 Å². The summed E-state index contributed by atoms with van der Waals surface area (Å²) in [6.07, 6.45) is 3.67. The van der Waals surface area contributed by atoms with E-state index < -0.39 is 0 Å². The van der Waals surface area contributed by atoms with E-state index in [0.717, 1.165) is 24.3 Å². The summed E-state index contributed by atoms with van der Waals surface area (Å²) in [5.74, 6) is 0.790. The van der Waals surface area contributed by atoms with E-state index in [0.29, 0.717) is 12.2 Å². The molecule has 2 rings (SSSR count). The Bertz CT molecular complexity index is 436. The second kappa shape index (κ2) is 6.71. The molecule has 1 heterocycles. The van der Waals surface area contributed by atoms with Crippen LogP contribution in [0.5, 0.6) is 5.75 Å². The number of carbonyl (C=O) groups is 1. The van der Waals surface area contributed by atoms with Crippen molar-refractivity contribution in [1.29, 1.82) is 0 Å². The molecule has 0 bridgehead atoms. The Labute approximate surface area is 115 Å². The van der Waals surface area contributed by atoms with Crippen LogP contribution in [0, 0.1) is 6.92 Å². The molecule has 0 atom stereocenters. The lowest BCUT2D eigenvalue weighted by Crippen LogP contribution is -2.22. The van der Waals surface area contributed by atoms with E-state index in [2.05, 4.69) is 4.90 Å². The van der Waals surface area contributed by atoms with Crippen molar-refractivity contribution < 1.29 is 9.53 Å². The first kappa shape index (κ1) is 14.1. The molecule has 104 valence electrons. The van der Waals surface area contributed by atoms with Crippen LogP contribution in [0.2, 0.25) is 0 Å². The van der Waals surface area contributed by atoms with E-state index in [9.17, 15) is 4.79 Å². The fourth-order valence-electron chi connectivity index (χ4n) is 2.52.